The van der Waals surface area contributed by atoms with Crippen LogP contribution in [0.4, 0.5) is 10.1 Å². The van der Waals surface area contributed by atoms with Crippen molar-refractivity contribution in [2.45, 2.75) is 31.5 Å². The van der Waals surface area contributed by atoms with E-state index in [0.29, 0.717) is 29.3 Å². The van der Waals surface area contributed by atoms with E-state index in [1.165, 1.54) is 53.4 Å². The van der Waals surface area contributed by atoms with Crippen molar-refractivity contribution in [3.8, 4) is 5.75 Å². The van der Waals surface area contributed by atoms with Crippen molar-refractivity contribution >= 4 is 34.9 Å². The fourth-order valence-corrected chi connectivity index (χ4v) is 4.83. The largest absolute Gasteiger partial charge is 0.508 e. The van der Waals surface area contributed by atoms with Gasteiger partial charge in [0.05, 0.1) is 11.8 Å². The number of nitrogens with one attached hydrogen (secondary N) is 1. The molecule has 3 amide bonds. The number of halogens is 1. The fraction of sp³-hybridized carbons (Fsp3) is 0.280. The number of anilines is 1. The molecule has 6 N–H and O–H groups in total. The predicted molar refractivity (Wildman–Crippen MR) is 134 cm³/mol. The number of ether oxygens (including phenoxy) is 1. The molecule has 0 saturated carbocycles. The van der Waals surface area contributed by atoms with Gasteiger partial charge in [-0.25, -0.2) is 4.39 Å². The SMILES string of the molecule is NC(=O)c1nsc(C(=O)N(Cc2ccc(F)cc2)[C@@H](C(=O)NC[C@H]2CCCO2)c2ccc(O)cc2)c1N. The summed E-state index contributed by atoms with van der Waals surface area (Å²) >= 11 is 0.696. The summed E-state index contributed by atoms with van der Waals surface area (Å²) in [5.74, 6) is -2.52. The monoisotopic (exact) mass is 527 g/mol. The van der Waals surface area contributed by atoms with E-state index in [0.717, 1.165) is 12.8 Å². The van der Waals surface area contributed by atoms with E-state index in [4.69, 9.17) is 16.2 Å². The van der Waals surface area contributed by atoms with Gasteiger partial charge < -0.3 is 31.5 Å². The fourth-order valence-electron chi connectivity index (χ4n) is 4.07. The Bertz CT molecular complexity index is 1280. The Morgan fingerprint density at radius 2 is 1.89 bits per heavy atom. The standard InChI is InChI=1S/C25H26FN5O5S/c26-16-7-3-14(4-8-16)13-31(25(35)22-19(27)20(23(28)33)30-37-22)21(15-5-9-17(32)10-6-15)24(34)29-12-18-2-1-11-36-18/h3-10,18,21,32H,1-2,11-13,27H2,(H2,28,33)(H,29,34)/t18-,21-/m1/s1. The van der Waals surface area contributed by atoms with Crippen molar-refractivity contribution in [1.82, 2.24) is 14.6 Å². The van der Waals surface area contributed by atoms with E-state index in [1.807, 2.05) is 0 Å². The molecule has 194 valence electrons. The number of hydrogen-bond acceptors (Lipinski definition) is 8. The van der Waals surface area contributed by atoms with E-state index in [-0.39, 0.29) is 41.2 Å². The number of aromatic hydroxyl groups is 1. The van der Waals surface area contributed by atoms with Crippen LogP contribution in [0.5, 0.6) is 5.75 Å². The second-order valence-electron chi connectivity index (χ2n) is 8.57. The quantitative estimate of drug-likeness (QED) is 0.332. The average molecular weight is 528 g/mol. The third-order valence-corrected chi connectivity index (χ3v) is 6.83. The van der Waals surface area contributed by atoms with Crippen molar-refractivity contribution in [1.29, 1.82) is 0 Å². The molecule has 1 fully saturated rings. The first-order chi connectivity index (χ1) is 17.7. The molecule has 4 rings (SSSR count). The first kappa shape index (κ1) is 26.0. The van der Waals surface area contributed by atoms with Crippen LogP contribution in [0.15, 0.2) is 48.5 Å². The second-order valence-corrected chi connectivity index (χ2v) is 9.35. The maximum Gasteiger partial charge on any atom is 0.270 e. The Morgan fingerprint density at radius 1 is 1.19 bits per heavy atom. The Hall–Kier alpha value is -4.03. The lowest BCUT2D eigenvalue weighted by Gasteiger charge is -2.31. The maximum absolute atomic E-state index is 13.9. The number of nitrogen functional groups attached to an aromatic ring is 1. The summed E-state index contributed by atoms with van der Waals surface area (Å²) < 4.78 is 23.1. The minimum Gasteiger partial charge on any atom is -0.508 e. The summed E-state index contributed by atoms with van der Waals surface area (Å²) in [6.07, 6.45) is 1.56. The molecule has 1 aliphatic heterocycles. The molecule has 37 heavy (non-hydrogen) atoms. The first-order valence-corrected chi connectivity index (χ1v) is 12.3. The smallest absolute Gasteiger partial charge is 0.270 e. The van der Waals surface area contributed by atoms with Crippen LogP contribution in [0.2, 0.25) is 0 Å². The normalized spacial score (nSPS) is 15.8. The van der Waals surface area contributed by atoms with Gasteiger partial charge in [-0.05, 0) is 59.8 Å². The highest BCUT2D eigenvalue weighted by Gasteiger charge is 2.35. The molecule has 12 heteroatoms. The second kappa shape index (κ2) is 11.4. The minimum absolute atomic E-state index is 0.0172. The molecule has 2 heterocycles. The molecule has 1 saturated heterocycles. The van der Waals surface area contributed by atoms with Crippen LogP contribution in [0.3, 0.4) is 0 Å². The van der Waals surface area contributed by atoms with Gasteiger partial charge >= 0.3 is 0 Å². The topological polar surface area (TPSA) is 161 Å². The molecule has 0 bridgehead atoms. The van der Waals surface area contributed by atoms with Crippen LogP contribution in [0.1, 0.15) is 50.2 Å². The van der Waals surface area contributed by atoms with Crippen molar-refractivity contribution in [3.63, 3.8) is 0 Å². The molecule has 3 aromatic rings. The maximum atomic E-state index is 13.9. The first-order valence-electron chi connectivity index (χ1n) is 11.5. The van der Waals surface area contributed by atoms with E-state index in [1.54, 1.807) is 0 Å². The molecular formula is C25H26FN5O5S. The number of hydrogen-bond donors (Lipinski definition) is 4. The zero-order valence-electron chi connectivity index (χ0n) is 19.7. The number of phenols is 1. The summed E-state index contributed by atoms with van der Waals surface area (Å²) in [5.41, 5.74) is 11.9. The van der Waals surface area contributed by atoms with Crippen LogP contribution >= 0.6 is 11.5 Å². The summed E-state index contributed by atoms with van der Waals surface area (Å²) in [6.45, 7) is 0.770. The number of nitrogens with two attached hydrogens (primary N) is 2. The lowest BCUT2D eigenvalue weighted by atomic mass is 10.0. The third-order valence-electron chi connectivity index (χ3n) is 5.98. The number of primary amides is 1. The van der Waals surface area contributed by atoms with Crippen LogP contribution in [0, 0.1) is 5.82 Å². The van der Waals surface area contributed by atoms with Crippen LogP contribution in [-0.4, -0.2) is 51.4 Å². The Balaban J connectivity index is 1.75. The molecule has 1 aliphatic rings. The molecular weight excluding hydrogens is 501 g/mol. The van der Waals surface area contributed by atoms with E-state index < -0.39 is 29.6 Å². The Morgan fingerprint density at radius 3 is 2.49 bits per heavy atom. The summed E-state index contributed by atoms with van der Waals surface area (Å²) in [4.78, 5) is 40.3. The molecule has 0 spiro atoms. The number of rotatable bonds is 9. The van der Waals surface area contributed by atoms with Gasteiger partial charge in [-0.2, -0.15) is 4.37 Å². The highest BCUT2D eigenvalue weighted by atomic mass is 32.1. The molecule has 1 aromatic heterocycles. The van der Waals surface area contributed by atoms with Crippen LogP contribution in [0.25, 0.3) is 0 Å². The van der Waals surface area contributed by atoms with Gasteiger partial charge in [-0.3, -0.25) is 14.4 Å². The van der Waals surface area contributed by atoms with Gasteiger partial charge in [0.25, 0.3) is 11.8 Å². The van der Waals surface area contributed by atoms with Crippen molar-refractivity contribution in [3.05, 3.63) is 76.0 Å². The molecule has 0 radical (unpaired) electrons. The van der Waals surface area contributed by atoms with E-state index in [2.05, 4.69) is 9.69 Å². The average Bonchev–Trinajstić information content (AvgIpc) is 3.54. The number of aromatic nitrogens is 1. The minimum atomic E-state index is -1.17. The predicted octanol–water partition coefficient (Wildman–Crippen LogP) is 2.35. The number of benzene rings is 2. The highest BCUT2D eigenvalue weighted by Crippen LogP contribution is 2.31. The van der Waals surface area contributed by atoms with Gasteiger partial charge in [0, 0.05) is 19.7 Å². The number of carbonyl (C=O) groups is 3. The zero-order chi connectivity index (χ0) is 26.5. The van der Waals surface area contributed by atoms with Crippen molar-refractivity contribution in [2.75, 3.05) is 18.9 Å². The number of amides is 3. The summed E-state index contributed by atoms with van der Waals surface area (Å²) in [5, 5.41) is 12.7. The van der Waals surface area contributed by atoms with Crippen molar-refractivity contribution in [2.24, 2.45) is 5.73 Å². The third kappa shape index (κ3) is 6.04. The van der Waals surface area contributed by atoms with Gasteiger partial charge in [-0.1, -0.05) is 24.3 Å². The summed E-state index contributed by atoms with van der Waals surface area (Å²) in [7, 11) is 0. The van der Waals surface area contributed by atoms with Gasteiger partial charge in [0.1, 0.15) is 22.5 Å². The molecule has 2 atom stereocenters. The molecule has 10 nitrogen and oxygen atoms in total. The number of carbonyl (C=O) groups excluding carboxylic acids is 3. The Labute approximate surface area is 216 Å². The van der Waals surface area contributed by atoms with Gasteiger partial charge in [0.2, 0.25) is 5.91 Å². The Kier molecular flexibility index (Phi) is 7.99. The lowest BCUT2D eigenvalue weighted by Crippen LogP contribution is -2.45. The highest BCUT2D eigenvalue weighted by molar-refractivity contribution is 7.09. The zero-order valence-corrected chi connectivity index (χ0v) is 20.5. The molecule has 0 aliphatic carbocycles. The molecule has 2 aromatic carbocycles. The van der Waals surface area contributed by atoms with Crippen molar-refractivity contribution < 1.29 is 28.6 Å². The lowest BCUT2D eigenvalue weighted by molar-refractivity contribution is -0.126. The van der Waals surface area contributed by atoms with Gasteiger partial charge in [0.15, 0.2) is 5.69 Å². The number of nitrogens with zero attached hydrogens (tertiary/aromatic N) is 2. The van der Waals surface area contributed by atoms with Gasteiger partial charge in [-0.15, -0.1) is 0 Å². The summed E-state index contributed by atoms with van der Waals surface area (Å²) in [6, 6.07) is 10.2. The van der Waals surface area contributed by atoms with Crippen LogP contribution in [-0.2, 0) is 16.1 Å². The molecule has 0 unspecified atom stereocenters. The van der Waals surface area contributed by atoms with E-state index >= 15 is 0 Å². The van der Waals surface area contributed by atoms with E-state index in [9.17, 15) is 23.9 Å². The number of phenolic OH excluding ortho intramolecular Hbond substituents is 1. The van der Waals surface area contributed by atoms with Crippen LogP contribution < -0.4 is 16.8 Å².